The largest absolute Gasteiger partial charge is 0.353 e. The van der Waals surface area contributed by atoms with Crippen molar-refractivity contribution in [1.82, 2.24) is 14.4 Å². The summed E-state index contributed by atoms with van der Waals surface area (Å²) < 4.78 is 2.04. The average Bonchev–Trinajstić information content (AvgIpc) is 3.29. The highest BCUT2D eigenvalue weighted by Gasteiger charge is 2.22. The van der Waals surface area contributed by atoms with Crippen LogP contribution in [-0.4, -0.2) is 45.8 Å². The molecule has 2 aromatic rings. The Labute approximate surface area is 172 Å². The number of aryl methyl sites for hydroxylation is 1. The lowest BCUT2D eigenvalue weighted by Gasteiger charge is -2.29. The molecule has 0 radical (unpaired) electrons. The standard InChI is InChI=1S/C22H33N3O2S/c1-5-6-12-24(21(26)14-20-10-8-13-28-20)17-22(27)25(15-18(2)3)16-19-9-7-11-23(19)4/h7-11,13,18H,5-6,12,14-17H2,1-4H3. The molecule has 0 N–H and O–H groups in total. The molecule has 0 aliphatic rings. The van der Waals surface area contributed by atoms with E-state index in [-0.39, 0.29) is 18.4 Å². The summed E-state index contributed by atoms with van der Waals surface area (Å²) in [4.78, 5) is 30.6. The number of thiophene rings is 1. The van der Waals surface area contributed by atoms with Crippen LogP contribution < -0.4 is 0 Å². The average molecular weight is 404 g/mol. The van der Waals surface area contributed by atoms with E-state index in [1.165, 1.54) is 0 Å². The first-order valence-electron chi connectivity index (χ1n) is 10.1. The second-order valence-electron chi connectivity index (χ2n) is 7.70. The number of hydrogen-bond donors (Lipinski definition) is 0. The van der Waals surface area contributed by atoms with Crippen molar-refractivity contribution < 1.29 is 9.59 Å². The third-order valence-electron chi connectivity index (χ3n) is 4.71. The Morgan fingerprint density at radius 1 is 1.14 bits per heavy atom. The van der Waals surface area contributed by atoms with Gasteiger partial charge in [0.2, 0.25) is 11.8 Å². The molecule has 0 fully saturated rings. The van der Waals surface area contributed by atoms with Gasteiger partial charge in [0.25, 0.3) is 0 Å². The topological polar surface area (TPSA) is 45.6 Å². The summed E-state index contributed by atoms with van der Waals surface area (Å²) in [6, 6.07) is 7.96. The van der Waals surface area contributed by atoms with E-state index in [0.717, 1.165) is 23.4 Å². The van der Waals surface area contributed by atoms with E-state index >= 15 is 0 Å². The summed E-state index contributed by atoms with van der Waals surface area (Å²) in [6.45, 7) is 8.37. The normalized spacial score (nSPS) is 11.0. The summed E-state index contributed by atoms with van der Waals surface area (Å²) >= 11 is 1.58. The van der Waals surface area contributed by atoms with Crippen molar-refractivity contribution in [2.45, 2.75) is 46.6 Å². The van der Waals surface area contributed by atoms with Gasteiger partial charge in [0, 0.05) is 36.9 Å². The Bertz CT molecular complexity index is 737. The van der Waals surface area contributed by atoms with Crippen LogP contribution in [0.4, 0.5) is 0 Å². The molecule has 5 nitrogen and oxygen atoms in total. The summed E-state index contributed by atoms with van der Waals surface area (Å²) in [5, 5.41) is 1.98. The van der Waals surface area contributed by atoms with Gasteiger partial charge in [-0.1, -0.05) is 33.3 Å². The molecule has 0 atom stereocenters. The molecule has 2 aromatic heterocycles. The minimum atomic E-state index is 0.0190. The molecule has 0 aromatic carbocycles. The summed E-state index contributed by atoms with van der Waals surface area (Å²) in [5.41, 5.74) is 1.10. The Morgan fingerprint density at radius 2 is 1.93 bits per heavy atom. The van der Waals surface area contributed by atoms with Gasteiger partial charge in [-0.15, -0.1) is 11.3 Å². The lowest BCUT2D eigenvalue weighted by Crippen LogP contribution is -2.44. The van der Waals surface area contributed by atoms with Crippen molar-refractivity contribution >= 4 is 23.2 Å². The fourth-order valence-corrected chi connectivity index (χ4v) is 3.83. The van der Waals surface area contributed by atoms with Gasteiger partial charge in [-0.05, 0) is 35.9 Å². The SMILES string of the molecule is CCCCN(CC(=O)N(Cc1cccn1C)CC(C)C)C(=O)Cc1cccs1. The van der Waals surface area contributed by atoms with E-state index in [9.17, 15) is 9.59 Å². The first-order valence-corrected chi connectivity index (χ1v) is 11.0. The van der Waals surface area contributed by atoms with Crippen LogP contribution >= 0.6 is 11.3 Å². The highest BCUT2D eigenvalue weighted by Crippen LogP contribution is 2.13. The number of rotatable bonds is 11. The molecule has 0 bridgehead atoms. The van der Waals surface area contributed by atoms with Crippen LogP contribution in [0, 0.1) is 5.92 Å². The van der Waals surface area contributed by atoms with Gasteiger partial charge in [-0.3, -0.25) is 9.59 Å². The van der Waals surface area contributed by atoms with E-state index in [1.807, 2.05) is 52.4 Å². The number of amides is 2. The first kappa shape index (κ1) is 22.2. The van der Waals surface area contributed by atoms with Crippen molar-refractivity contribution in [2.24, 2.45) is 13.0 Å². The van der Waals surface area contributed by atoms with Crippen molar-refractivity contribution in [2.75, 3.05) is 19.6 Å². The Hall–Kier alpha value is -2.08. The predicted octanol–water partition coefficient (Wildman–Crippen LogP) is 3.94. The maximum absolute atomic E-state index is 13.1. The van der Waals surface area contributed by atoms with E-state index in [2.05, 4.69) is 20.8 Å². The lowest BCUT2D eigenvalue weighted by atomic mass is 10.2. The molecule has 154 valence electrons. The van der Waals surface area contributed by atoms with E-state index in [0.29, 0.717) is 32.0 Å². The minimum Gasteiger partial charge on any atom is -0.353 e. The van der Waals surface area contributed by atoms with Gasteiger partial charge in [0.15, 0.2) is 0 Å². The molecule has 28 heavy (non-hydrogen) atoms. The van der Waals surface area contributed by atoms with Gasteiger partial charge in [0.05, 0.1) is 19.5 Å². The smallest absolute Gasteiger partial charge is 0.242 e. The predicted molar refractivity (Wildman–Crippen MR) is 115 cm³/mol. The molecular formula is C22H33N3O2S. The third kappa shape index (κ3) is 6.82. The second-order valence-corrected chi connectivity index (χ2v) is 8.74. The zero-order valence-corrected chi connectivity index (χ0v) is 18.4. The quantitative estimate of drug-likeness (QED) is 0.570. The van der Waals surface area contributed by atoms with Gasteiger partial charge >= 0.3 is 0 Å². The van der Waals surface area contributed by atoms with Crippen LogP contribution in [0.3, 0.4) is 0 Å². The minimum absolute atomic E-state index is 0.0190. The van der Waals surface area contributed by atoms with E-state index in [1.54, 1.807) is 16.2 Å². The molecule has 6 heteroatoms. The van der Waals surface area contributed by atoms with Crippen LogP contribution in [-0.2, 0) is 29.6 Å². The Balaban J connectivity index is 2.08. The highest BCUT2D eigenvalue weighted by atomic mass is 32.1. The molecule has 0 aliphatic heterocycles. The fourth-order valence-electron chi connectivity index (χ4n) is 3.13. The first-order chi connectivity index (χ1) is 13.4. The number of unbranched alkanes of at least 4 members (excludes halogenated alkanes) is 1. The monoisotopic (exact) mass is 403 g/mol. The number of hydrogen-bond acceptors (Lipinski definition) is 3. The number of aromatic nitrogens is 1. The van der Waals surface area contributed by atoms with Gasteiger partial charge in [-0.25, -0.2) is 0 Å². The zero-order valence-electron chi connectivity index (χ0n) is 17.6. The Morgan fingerprint density at radius 3 is 2.50 bits per heavy atom. The van der Waals surface area contributed by atoms with Crippen LogP contribution in [0.1, 0.15) is 44.2 Å². The molecule has 0 spiro atoms. The van der Waals surface area contributed by atoms with Gasteiger partial charge in [0.1, 0.15) is 0 Å². The molecule has 0 saturated heterocycles. The molecular weight excluding hydrogens is 370 g/mol. The van der Waals surface area contributed by atoms with Gasteiger partial charge < -0.3 is 14.4 Å². The van der Waals surface area contributed by atoms with Crippen LogP contribution in [0.5, 0.6) is 0 Å². The Kier molecular flexibility index (Phi) is 8.77. The second kappa shape index (κ2) is 11.1. The molecule has 0 aliphatic carbocycles. The summed E-state index contributed by atoms with van der Waals surface area (Å²) in [5.74, 6) is 0.424. The van der Waals surface area contributed by atoms with Crippen LogP contribution in [0.2, 0.25) is 0 Å². The van der Waals surface area contributed by atoms with Crippen molar-refractivity contribution in [3.05, 3.63) is 46.4 Å². The zero-order chi connectivity index (χ0) is 20.5. The van der Waals surface area contributed by atoms with Crippen molar-refractivity contribution in [3.8, 4) is 0 Å². The summed E-state index contributed by atoms with van der Waals surface area (Å²) in [7, 11) is 1.99. The molecule has 2 rings (SSSR count). The highest BCUT2D eigenvalue weighted by molar-refractivity contribution is 7.10. The molecule has 0 saturated carbocycles. The van der Waals surface area contributed by atoms with Crippen molar-refractivity contribution in [1.29, 1.82) is 0 Å². The van der Waals surface area contributed by atoms with Crippen LogP contribution in [0.25, 0.3) is 0 Å². The molecule has 2 amide bonds. The van der Waals surface area contributed by atoms with Gasteiger partial charge in [-0.2, -0.15) is 0 Å². The van der Waals surface area contributed by atoms with E-state index < -0.39 is 0 Å². The van der Waals surface area contributed by atoms with Crippen LogP contribution in [0.15, 0.2) is 35.8 Å². The fraction of sp³-hybridized carbons (Fsp3) is 0.545. The maximum atomic E-state index is 13.1. The van der Waals surface area contributed by atoms with E-state index in [4.69, 9.17) is 0 Å². The third-order valence-corrected chi connectivity index (χ3v) is 5.58. The molecule has 0 unspecified atom stereocenters. The van der Waals surface area contributed by atoms with Crippen molar-refractivity contribution in [3.63, 3.8) is 0 Å². The summed E-state index contributed by atoms with van der Waals surface area (Å²) in [6.07, 6.45) is 4.27. The lowest BCUT2D eigenvalue weighted by molar-refractivity contribution is -0.141. The number of carbonyl (C=O) groups excluding carboxylic acids is 2. The number of nitrogens with zero attached hydrogens (tertiary/aromatic N) is 3. The molecule has 2 heterocycles. The number of carbonyl (C=O) groups is 2. The maximum Gasteiger partial charge on any atom is 0.242 e.